The zero-order valence-corrected chi connectivity index (χ0v) is 35.9. The van der Waals surface area contributed by atoms with Crippen LogP contribution in [0.25, 0.3) is 0 Å². The monoisotopic (exact) mass is 769 g/mol. The molecule has 0 bridgehead atoms. The second kappa shape index (κ2) is 43.8. The van der Waals surface area contributed by atoms with Crippen molar-refractivity contribution in [3.8, 4) is 0 Å². The van der Waals surface area contributed by atoms with Crippen molar-refractivity contribution in [2.45, 2.75) is 219 Å². The molecule has 0 N–H and O–H groups in total. The summed E-state index contributed by atoms with van der Waals surface area (Å²) in [6, 6.07) is 0. The Labute approximate surface area is 339 Å². The predicted molar refractivity (Wildman–Crippen MR) is 233 cm³/mol. The predicted octanol–water partition coefficient (Wildman–Crippen LogP) is 14.5. The van der Waals surface area contributed by atoms with Gasteiger partial charge in [-0.25, -0.2) is 0 Å². The zero-order valence-electron chi connectivity index (χ0n) is 35.9. The Hall–Kier alpha value is -2.89. The summed E-state index contributed by atoms with van der Waals surface area (Å²) >= 11 is 0. The molecule has 55 heavy (non-hydrogen) atoms. The molecule has 316 valence electrons. The first-order chi connectivity index (χ1) is 27.0. The average molecular weight is 769 g/mol. The van der Waals surface area contributed by atoms with Crippen LogP contribution in [0.3, 0.4) is 0 Å². The maximum atomic E-state index is 12.7. The Balaban J connectivity index is 4.39. The molecule has 0 fully saturated rings. The number of hydrogen-bond donors (Lipinski definition) is 0. The Morgan fingerprint density at radius 1 is 0.382 bits per heavy atom. The number of hydrogen-bond acceptors (Lipinski definition) is 6. The van der Waals surface area contributed by atoms with Crippen molar-refractivity contribution in [3.05, 3.63) is 60.8 Å². The van der Waals surface area contributed by atoms with E-state index in [1.54, 1.807) is 0 Å². The second-order valence-electron chi connectivity index (χ2n) is 14.9. The molecule has 1 atom stereocenters. The lowest BCUT2D eigenvalue weighted by Gasteiger charge is -2.18. The van der Waals surface area contributed by atoms with E-state index in [-0.39, 0.29) is 31.1 Å². The molecular formula is C49H84O6. The van der Waals surface area contributed by atoms with Crippen molar-refractivity contribution in [1.82, 2.24) is 0 Å². The van der Waals surface area contributed by atoms with Gasteiger partial charge in [-0.3, -0.25) is 14.4 Å². The van der Waals surface area contributed by atoms with Crippen molar-refractivity contribution in [1.29, 1.82) is 0 Å². The van der Waals surface area contributed by atoms with Crippen molar-refractivity contribution in [2.75, 3.05) is 13.2 Å². The van der Waals surface area contributed by atoms with Crippen LogP contribution in [0.2, 0.25) is 0 Å². The smallest absolute Gasteiger partial charge is 0.306 e. The molecule has 6 heteroatoms. The van der Waals surface area contributed by atoms with Gasteiger partial charge < -0.3 is 14.2 Å². The molecule has 0 aromatic heterocycles. The van der Waals surface area contributed by atoms with Gasteiger partial charge in [0.05, 0.1) is 0 Å². The molecule has 0 heterocycles. The van der Waals surface area contributed by atoms with Gasteiger partial charge >= 0.3 is 17.9 Å². The fraction of sp³-hybridized carbons (Fsp3) is 0.735. The average Bonchev–Trinajstić information content (AvgIpc) is 3.18. The van der Waals surface area contributed by atoms with Crippen LogP contribution in [-0.4, -0.2) is 37.2 Å². The maximum absolute atomic E-state index is 12.7. The number of ether oxygens (including phenoxy) is 3. The molecule has 6 nitrogen and oxygen atoms in total. The molecule has 0 aromatic rings. The van der Waals surface area contributed by atoms with Crippen LogP contribution in [0.15, 0.2) is 60.8 Å². The molecule has 0 radical (unpaired) electrons. The summed E-state index contributed by atoms with van der Waals surface area (Å²) in [6.45, 7) is 6.41. The van der Waals surface area contributed by atoms with Crippen molar-refractivity contribution >= 4 is 17.9 Å². The molecule has 0 aliphatic carbocycles. The first-order valence-electron chi connectivity index (χ1n) is 22.8. The third kappa shape index (κ3) is 42.1. The Morgan fingerprint density at radius 3 is 1.16 bits per heavy atom. The number of unbranched alkanes of at least 4 members (excludes halogenated alkanes) is 19. The van der Waals surface area contributed by atoms with E-state index < -0.39 is 6.10 Å². The first kappa shape index (κ1) is 52.1. The normalized spacial score (nSPS) is 12.6. The van der Waals surface area contributed by atoms with Crippen LogP contribution in [0.5, 0.6) is 0 Å². The summed E-state index contributed by atoms with van der Waals surface area (Å²) in [6.07, 6.45) is 52.0. The standard InChI is InChI=1S/C49H84O6/c1-4-7-10-13-16-19-21-23-25-27-28-30-33-36-39-42-48(51)54-45-46(44-53-47(50)41-38-35-32-18-15-12-9-6-3)55-49(52)43-40-37-34-31-29-26-24-22-20-17-14-11-8-5-2/h7,10,14,16-17,19,22-25,46H,4-6,8-9,11-13,15,18,20-21,26-45H2,1-3H3/b10-7-,17-14-,19-16-,24-22-,25-23-. The third-order valence-corrected chi connectivity index (χ3v) is 9.51. The van der Waals surface area contributed by atoms with Crippen LogP contribution < -0.4 is 0 Å². The van der Waals surface area contributed by atoms with Gasteiger partial charge in [0.25, 0.3) is 0 Å². The van der Waals surface area contributed by atoms with Crippen LogP contribution in [0.4, 0.5) is 0 Å². The number of rotatable bonds is 40. The van der Waals surface area contributed by atoms with Gasteiger partial charge in [0, 0.05) is 19.3 Å². The van der Waals surface area contributed by atoms with Crippen molar-refractivity contribution in [2.24, 2.45) is 0 Å². The Morgan fingerprint density at radius 2 is 0.727 bits per heavy atom. The van der Waals surface area contributed by atoms with E-state index in [0.717, 1.165) is 122 Å². The molecule has 0 aliphatic heterocycles. The van der Waals surface area contributed by atoms with Gasteiger partial charge in [-0.1, -0.05) is 178 Å². The molecular weight excluding hydrogens is 685 g/mol. The fourth-order valence-electron chi connectivity index (χ4n) is 6.06. The van der Waals surface area contributed by atoms with Gasteiger partial charge in [-0.2, -0.15) is 0 Å². The van der Waals surface area contributed by atoms with E-state index in [4.69, 9.17) is 14.2 Å². The summed E-state index contributed by atoms with van der Waals surface area (Å²) in [7, 11) is 0. The minimum atomic E-state index is -0.784. The molecule has 0 spiro atoms. The van der Waals surface area contributed by atoms with Crippen molar-refractivity contribution in [3.63, 3.8) is 0 Å². The van der Waals surface area contributed by atoms with Gasteiger partial charge in [0.15, 0.2) is 6.10 Å². The highest BCUT2D eigenvalue weighted by atomic mass is 16.6. The maximum Gasteiger partial charge on any atom is 0.306 e. The van der Waals surface area contributed by atoms with Crippen molar-refractivity contribution < 1.29 is 28.6 Å². The lowest BCUT2D eigenvalue weighted by Crippen LogP contribution is -2.30. The molecule has 0 aromatic carbocycles. The summed E-state index contributed by atoms with van der Waals surface area (Å²) in [5.74, 6) is -0.925. The fourth-order valence-corrected chi connectivity index (χ4v) is 6.06. The molecule has 0 saturated carbocycles. The van der Waals surface area contributed by atoms with E-state index in [1.165, 1.54) is 51.4 Å². The number of esters is 3. The largest absolute Gasteiger partial charge is 0.462 e. The second-order valence-corrected chi connectivity index (χ2v) is 14.9. The lowest BCUT2D eigenvalue weighted by atomic mass is 10.1. The third-order valence-electron chi connectivity index (χ3n) is 9.51. The van der Waals surface area contributed by atoms with E-state index in [1.807, 2.05) is 0 Å². The van der Waals surface area contributed by atoms with Gasteiger partial charge in [0.1, 0.15) is 13.2 Å². The zero-order chi connectivity index (χ0) is 40.1. The van der Waals surface area contributed by atoms with Crippen LogP contribution in [0, 0.1) is 0 Å². The summed E-state index contributed by atoms with van der Waals surface area (Å²) in [5.41, 5.74) is 0. The summed E-state index contributed by atoms with van der Waals surface area (Å²) in [5, 5.41) is 0. The highest BCUT2D eigenvalue weighted by Gasteiger charge is 2.19. The quantitative estimate of drug-likeness (QED) is 0.0267. The van der Waals surface area contributed by atoms with Gasteiger partial charge in [-0.15, -0.1) is 0 Å². The minimum Gasteiger partial charge on any atom is -0.462 e. The number of carbonyl (C=O) groups excluding carboxylic acids is 3. The van der Waals surface area contributed by atoms with Gasteiger partial charge in [0.2, 0.25) is 0 Å². The van der Waals surface area contributed by atoms with E-state index in [0.29, 0.717) is 19.3 Å². The molecule has 0 saturated heterocycles. The summed E-state index contributed by atoms with van der Waals surface area (Å²) < 4.78 is 16.7. The van der Waals surface area contributed by atoms with Crippen LogP contribution in [-0.2, 0) is 28.6 Å². The highest BCUT2D eigenvalue weighted by molar-refractivity contribution is 5.71. The van der Waals surface area contributed by atoms with Gasteiger partial charge in [-0.05, 0) is 77.0 Å². The van der Waals surface area contributed by atoms with E-state index >= 15 is 0 Å². The lowest BCUT2D eigenvalue weighted by molar-refractivity contribution is -0.167. The Kier molecular flexibility index (Phi) is 41.5. The van der Waals surface area contributed by atoms with E-state index in [9.17, 15) is 14.4 Å². The molecule has 1 unspecified atom stereocenters. The number of carbonyl (C=O) groups is 3. The molecule has 0 aliphatic rings. The first-order valence-corrected chi connectivity index (χ1v) is 22.8. The van der Waals surface area contributed by atoms with E-state index in [2.05, 4.69) is 81.5 Å². The van der Waals surface area contributed by atoms with Crippen LogP contribution in [0.1, 0.15) is 213 Å². The minimum absolute atomic E-state index is 0.0854. The number of allylic oxidation sites excluding steroid dienone is 10. The van der Waals surface area contributed by atoms with Crippen LogP contribution >= 0.6 is 0 Å². The highest BCUT2D eigenvalue weighted by Crippen LogP contribution is 2.13. The molecule has 0 amide bonds. The topological polar surface area (TPSA) is 78.9 Å². The Bertz CT molecular complexity index is 1020. The SMILES string of the molecule is CC/C=C\C/C=C\C/C=C\CCCCCCCC(=O)OCC(COC(=O)CCCCCCCCCC)OC(=O)CCCCCCC/C=C\C/C=C\CCCC. The molecule has 0 rings (SSSR count). The summed E-state index contributed by atoms with van der Waals surface area (Å²) in [4.78, 5) is 37.7.